The summed E-state index contributed by atoms with van der Waals surface area (Å²) in [5, 5.41) is 4.39. The van der Waals surface area contributed by atoms with Gasteiger partial charge in [-0.05, 0) is 24.1 Å². The Morgan fingerprint density at radius 3 is 2.45 bits per heavy atom. The fraction of sp³-hybridized carbons (Fsp3) is 0.320. The summed E-state index contributed by atoms with van der Waals surface area (Å²) in [4.78, 5) is 17.3. The van der Waals surface area contributed by atoms with Crippen molar-refractivity contribution in [1.29, 1.82) is 0 Å². The number of carbonyl (C=O) groups is 1. The van der Waals surface area contributed by atoms with E-state index < -0.39 is 0 Å². The monoisotopic (exact) mass is 448 g/mol. The fourth-order valence-electron chi connectivity index (χ4n) is 3.88. The largest absolute Gasteiger partial charge is 0.496 e. The van der Waals surface area contributed by atoms with Crippen LogP contribution in [-0.4, -0.2) is 53.1 Å². The Balaban J connectivity index is 1.72. The summed E-state index contributed by atoms with van der Waals surface area (Å²) in [6.45, 7) is 3.29. The molecule has 0 saturated heterocycles. The van der Waals surface area contributed by atoms with Gasteiger partial charge in [-0.25, -0.2) is 4.98 Å². The summed E-state index contributed by atoms with van der Waals surface area (Å²) in [5.74, 6) is 0.985. The summed E-state index contributed by atoms with van der Waals surface area (Å²) in [7, 11) is 4.80. The third-order valence-electron chi connectivity index (χ3n) is 5.56. The number of fused-ring (bicyclic) bond motifs is 1. The molecular formula is C25H28N4O4. The molecule has 0 radical (unpaired) electrons. The van der Waals surface area contributed by atoms with E-state index in [4.69, 9.17) is 14.2 Å². The second-order valence-electron chi connectivity index (χ2n) is 7.70. The first-order valence-corrected chi connectivity index (χ1v) is 10.9. The quantitative estimate of drug-likeness (QED) is 0.332. The van der Waals surface area contributed by atoms with E-state index in [0.29, 0.717) is 36.6 Å². The van der Waals surface area contributed by atoms with Gasteiger partial charge in [0.25, 0.3) is 0 Å². The summed E-state index contributed by atoms with van der Waals surface area (Å²) >= 11 is 0. The van der Waals surface area contributed by atoms with Gasteiger partial charge in [0, 0.05) is 37.4 Å². The lowest BCUT2D eigenvalue weighted by atomic mass is 10.0. The van der Waals surface area contributed by atoms with Crippen molar-refractivity contribution < 1.29 is 19.0 Å². The lowest BCUT2D eigenvalue weighted by Crippen LogP contribution is -2.06. The zero-order valence-corrected chi connectivity index (χ0v) is 19.4. The lowest BCUT2D eigenvalue weighted by molar-refractivity contribution is 0.0975. The van der Waals surface area contributed by atoms with E-state index in [0.717, 1.165) is 34.3 Å². The minimum absolute atomic E-state index is 0.00364. The number of imidazole rings is 1. The minimum atomic E-state index is 0.00364. The van der Waals surface area contributed by atoms with E-state index in [9.17, 15) is 4.79 Å². The number of methoxy groups -OCH3 is 3. The van der Waals surface area contributed by atoms with E-state index in [-0.39, 0.29) is 5.78 Å². The maximum atomic E-state index is 12.7. The predicted molar refractivity (Wildman–Crippen MR) is 127 cm³/mol. The molecule has 0 unspecified atom stereocenters. The Morgan fingerprint density at radius 1 is 1.03 bits per heavy atom. The Bertz CT molecular complexity index is 1250. The second kappa shape index (κ2) is 9.87. The summed E-state index contributed by atoms with van der Waals surface area (Å²) in [5.41, 5.74) is 5.11. The SMILES string of the molecule is CCCC(=O)c1c(OC)cc(-n2cnc3cc(-c4cnn(CCOC)c4)ccc32)cc1OC. The van der Waals surface area contributed by atoms with Gasteiger partial charge < -0.3 is 14.2 Å². The van der Waals surface area contributed by atoms with E-state index in [1.165, 1.54) is 0 Å². The molecule has 2 aromatic carbocycles. The van der Waals surface area contributed by atoms with Crippen molar-refractivity contribution in [2.75, 3.05) is 27.9 Å². The first-order valence-electron chi connectivity index (χ1n) is 10.9. The summed E-state index contributed by atoms with van der Waals surface area (Å²) < 4.78 is 20.1. The average Bonchev–Trinajstić information content (AvgIpc) is 3.48. The normalized spacial score (nSPS) is 11.2. The highest BCUT2D eigenvalue weighted by Gasteiger charge is 2.20. The Hall–Kier alpha value is -3.65. The van der Waals surface area contributed by atoms with Gasteiger partial charge in [-0.2, -0.15) is 5.10 Å². The first kappa shape index (κ1) is 22.5. The van der Waals surface area contributed by atoms with Crippen LogP contribution in [0.5, 0.6) is 11.5 Å². The number of benzene rings is 2. The molecule has 0 aliphatic rings. The minimum Gasteiger partial charge on any atom is -0.496 e. The number of aromatic nitrogens is 4. The Morgan fingerprint density at radius 2 is 1.79 bits per heavy atom. The Kier molecular flexibility index (Phi) is 6.74. The molecule has 172 valence electrons. The van der Waals surface area contributed by atoms with Crippen molar-refractivity contribution in [2.45, 2.75) is 26.3 Å². The van der Waals surface area contributed by atoms with Crippen molar-refractivity contribution in [3.8, 4) is 28.3 Å². The molecule has 0 N–H and O–H groups in total. The van der Waals surface area contributed by atoms with Crippen LogP contribution < -0.4 is 9.47 Å². The maximum absolute atomic E-state index is 12.7. The van der Waals surface area contributed by atoms with Crippen LogP contribution in [0.2, 0.25) is 0 Å². The van der Waals surface area contributed by atoms with E-state index in [1.807, 2.05) is 58.9 Å². The molecule has 0 spiro atoms. The molecule has 8 heteroatoms. The zero-order chi connectivity index (χ0) is 23.4. The molecule has 0 saturated carbocycles. The molecule has 0 atom stereocenters. The van der Waals surface area contributed by atoms with Crippen LogP contribution in [0.15, 0.2) is 49.1 Å². The van der Waals surface area contributed by atoms with Gasteiger partial charge in [-0.1, -0.05) is 13.0 Å². The van der Waals surface area contributed by atoms with Gasteiger partial charge in [0.1, 0.15) is 23.4 Å². The highest BCUT2D eigenvalue weighted by molar-refractivity contribution is 6.01. The van der Waals surface area contributed by atoms with Crippen molar-refractivity contribution in [1.82, 2.24) is 19.3 Å². The fourth-order valence-corrected chi connectivity index (χ4v) is 3.88. The van der Waals surface area contributed by atoms with Crippen molar-refractivity contribution in [3.63, 3.8) is 0 Å². The number of Topliss-reactive ketones (excluding diaryl/α,β-unsaturated/α-hetero) is 1. The molecule has 0 aliphatic heterocycles. The number of ether oxygens (including phenoxy) is 3. The molecule has 0 fully saturated rings. The van der Waals surface area contributed by atoms with Gasteiger partial charge in [-0.15, -0.1) is 0 Å². The summed E-state index contributed by atoms with van der Waals surface area (Å²) in [6, 6.07) is 9.81. The standard InChI is InChI=1S/C25H28N4O4/c1-5-6-22(30)25-23(32-3)12-19(13-24(25)33-4)29-16-26-20-11-17(7-8-21(20)29)18-14-27-28(15-18)9-10-31-2/h7-8,11-16H,5-6,9-10H2,1-4H3. The molecule has 4 aromatic rings. The molecular weight excluding hydrogens is 420 g/mol. The van der Waals surface area contributed by atoms with Crippen LogP contribution in [-0.2, 0) is 11.3 Å². The van der Waals surface area contributed by atoms with E-state index in [1.54, 1.807) is 27.7 Å². The highest BCUT2D eigenvalue weighted by atomic mass is 16.5. The zero-order valence-electron chi connectivity index (χ0n) is 19.4. The number of hydrogen-bond donors (Lipinski definition) is 0. The number of carbonyl (C=O) groups excluding carboxylic acids is 1. The lowest BCUT2D eigenvalue weighted by Gasteiger charge is -2.15. The molecule has 0 aliphatic carbocycles. The molecule has 8 nitrogen and oxygen atoms in total. The van der Waals surface area contributed by atoms with Crippen LogP contribution in [0.25, 0.3) is 27.8 Å². The Labute approximate surface area is 192 Å². The van der Waals surface area contributed by atoms with Gasteiger partial charge in [0.15, 0.2) is 5.78 Å². The topological polar surface area (TPSA) is 80.4 Å². The predicted octanol–water partition coefficient (Wildman–Crippen LogP) is 4.54. The summed E-state index contributed by atoms with van der Waals surface area (Å²) in [6.07, 6.45) is 6.80. The van der Waals surface area contributed by atoms with Gasteiger partial charge in [0.2, 0.25) is 0 Å². The smallest absolute Gasteiger partial charge is 0.170 e. The second-order valence-corrected chi connectivity index (χ2v) is 7.70. The molecule has 2 heterocycles. The van der Waals surface area contributed by atoms with Crippen LogP contribution in [0.3, 0.4) is 0 Å². The van der Waals surface area contributed by atoms with E-state index in [2.05, 4.69) is 10.1 Å². The molecule has 0 amide bonds. The third kappa shape index (κ3) is 4.47. The first-order chi connectivity index (χ1) is 16.1. The van der Waals surface area contributed by atoms with Crippen LogP contribution in [0.1, 0.15) is 30.1 Å². The van der Waals surface area contributed by atoms with Crippen molar-refractivity contribution in [3.05, 3.63) is 54.6 Å². The van der Waals surface area contributed by atoms with Gasteiger partial charge in [-0.3, -0.25) is 14.0 Å². The molecule has 0 bridgehead atoms. The molecule has 4 rings (SSSR count). The average molecular weight is 449 g/mol. The van der Waals surface area contributed by atoms with Crippen LogP contribution in [0.4, 0.5) is 0 Å². The van der Waals surface area contributed by atoms with Crippen molar-refractivity contribution >= 4 is 16.8 Å². The van der Waals surface area contributed by atoms with Crippen molar-refractivity contribution in [2.24, 2.45) is 0 Å². The number of nitrogens with zero attached hydrogens (tertiary/aromatic N) is 4. The molecule has 2 aromatic heterocycles. The molecule has 33 heavy (non-hydrogen) atoms. The number of ketones is 1. The maximum Gasteiger partial charge on any atom is 0.170 e. The number of hydrogen-bond acceptors (Lipinski definition) is 6. The van der Waals surface area contributed by atoms with Crippen LogP contribution in [0, 0.1) is 0 Å². The third-order valence-corrected chi connectivity index (χ3v) is 5.56. The number of rotatable bonds is 10. The van der Waals surface area contributed by atoms with Gasteiger partial charge in [0.05, 0.1) is 50.3 Å². The van der Waals surface area contributed by atoms with E-state index >= 15 is 0 Å². The van der Waals surface area contributed by atoms with Crippen LogP contribution >= 0.6 is 0 Å². The van der Waals surface area contributed by atoms with Gasteiger partial charge >= 0.3 is 0 Å². The highest BCUT2D eigenvalue weighted by Crippen LogP contribution is 2.35.